The zero-order chi connectivity index (χ0) is 27.1. The normalized spacial score (nSPS) is 12.6. The zero-order valence-corrected chi connectivity index (χ0v) is 23.0. The molecule has 0 fully saturated rings. The highest BCUT2D eigenvalue weighted by molar-refractivity contribution is 7.92. The van der Waals surface area contributed by atoms with Gasteiger partial charge in [0.25, 0.3) is 0 Å². The van der Waals surface area contributed by atoms with Crippen molar-refractivity contribution in [2.75, 3.05) is 17.1 Å². The maximum absolute atomic E-state index is 13.4. The van der Waals surface area contributed by atoms with Crippen molar-refractivity contribution < 1.29 is 22.4 Å². The van der Waals surface area contributed by atoms with Crippen molar-refractivity contribution in [3.05, 3.63) is 64.9 Å². The van der Waals surface area contributed by atoms with E-state index < -0.39 is 27.4 Å². The summed E-state index contributed by atoms with van der Waals surface area (Å²) < 4.78 is 39.4. The molecule has 0 saturated heterocycles. The number of carbonyl (C=O) groups excluding carboxylic acids is 2. The Morgan fingerprint density at radius 3 is 2.14 bits per heavy atom. The number of benzene rings is 2. The second-order valence-electron chi connectivity index (χ2n) is 9.73. The molecule has 0 spiro atoms. The summed E-state index contributed by atoms with van der Waals surface area (Å²) in [6, 6.07) is 11.5. The summed E-state index contributed by atoms with van der Waals surface area (Å²) in [7, 11) is -3.59. The van der Waals surface area contributed by atoms with Crippen LogP contribution in [-0.4, -0.2) is 49.5 Å². The Morgan fingerprint density at radius 2 is 1.64 bits per heavy atom. The van der Waals surface area contributed by atoms with Gasteiger partial charge in [0.15, 0.2) is 0 Å². The number of sulfonamides is 1. The van der Waals surface area contributed by atoms with E-state index in [2.05, 4.69) is 5.32 Å². The Morgan fingerprint density at radius 1 is 1.06 bits per heavy atom. The third-order valence-corrected chi connectivity index (χ3v) is 6.86. The first-order valence-corrected chi connectivity index (χ1v) is 14.0. The molecule has 0 aliphatic carbocycles. The number of rotatable bonds is 11. The van der Waals surface area contributed by atoms with E-state index in [9.17, 15) is 22.4 Å². The maximum atomic E-state index is 13.4. The van der Waals surface area contributed by atoms with Crippen LogP contribution in [0.5, 0.6) is 0 Å². The van der Waals surface area contributed by atoms with Gasteiger partial charge in [-0.1, -0.05) is 30.7 Å². The van der Waals surface area contributed by atoms with E-state index >= 15 is 0 Å². The molecule has 10 heteroatoms. The number of hydrogen-bond acceptors (Lipinski definition) is 4. The lowest BCUT2D eigenvalue weighted by Crippen LogP contribution is -2.53. The van der Waals surface area contributed by atoms with E-state index in [-0.39, 0.29) is 37.7 Å². The number of halogens is 2. The predicted octanol–water partition coefficient (Wildman–Crippen LogP) is 4.75. The van der Waals surface area contributed by atoms with E-state index in [0.29, 0.717) is 22.7 Å². The topological polar surface area (TPSA) is 86.8 Å². The van der Waals surface area contributed by atoms with E-state index in [1.807, 2.05) is 27.7 Å². The van der Waals surface area contributed by atoms with Gasteiger partial charge in [-0.15, -0.1) is 0 Å². The van der Waals surface area contributed by atoms with Crippen LogP contribution in [0.25, 0.3) is 0 Å². The molecule has 2 amide bonds. The monoisotopic (exact) mass is 539 g/mol. The van der Waals surface area contributed by atoms with Crippen LogP contribution >= 0.6 is 11.6 Å². The largest absolute Gasteiger partial charge is 0.350 e. The Bertz CT molecular complexity index is 1130. The van der Waals surface area contributed by atoms with E-state index in [4.69, 9.17) is 11.6 Å². The van der Waals surface area contributed by atoms with Gasteiger partial charge in [0, 0.05) is 30.1 Å². The highest BCUT2D eigenvalue weighted by Gasteiger charge is 2.30. The first-order valence-electron chi connectivity index (χ1n) is 11.8. The van der Waals surface area contributed by atoms with Gasteiger partial charge in [0.05, 0.1) is 11.9 Å². The molecule has 0 saturated carbocycles. The fraction of sp³-hybridized carbons (Fsp3) is 0.462. The summed E-state index contributed by atoms with van der Waals surface area (Å²) in [6.07, 6.45) is 1.76. The van der Waals surface area contributed by atoms with Gasteiger partial charge < -0.3 is 10.2 Å². The molecule has 198 valence electrons. The number of nitrogens with one attached hydrogen (secondary N) is 1. The molecule has 0 aromatic heterocycles. The molecule has 0 unspecified atom stereocenters. The van der Waals surface area contributed by atoms with Crippen LogP contribution in [0.15, 0.2) is 48.5 Å². The first-order chi connectivity index (χ1) is 16.7. The molecule has 0 aliphatic rings. The van der Waals surface area contributed by atoms with E-state index in [0.717, 1.165) is 6.26 Å². The number of hydrogen-bond donors (Lipinski definition) is 1. The molecule has 2 rings (SSSR count). The Balaban J connectivity index is 2.22. The maximum Gasteiger partial charge on any atom is 0.243 e. The van der Waals surface area contributed by atoms with Crippen molar-refractivity contribution in [2.24, 2.45) is 0 Å². The second-order valence-corrected chi connectivity index (χ2v) is 12.1. The van der Waals surface area contributed by atoms with Crippen molar-refractivity contribution in [3.8, 4) is 0 Å². The van der Waals surface area contributed by atoms with Gasteiger partial charge in [0.1, 0.15) is 11.9 Å². The Hall–Kier alpha value is -2.65. The molecular formula is C26H35ClFN3O4S. The molecule has 0 radical (unpaired) electrons. The molecule has 0 aliphatic heterocycles. The Kier molecular flexibility index (Phi) is 10.3. The molecule has 1 N–H and O–H groups in total. The molecule has 2 aromatic carbocycles. The third kappa shape index (κ3) is 9.09. The molecular weight excluding hydrogens is 505 g/mol. The first kappa shape index (κ1) is 29.6. The lowest BCUT2D eigenvalue weighted by Gasteiger charge is -2.33. The van der Waals surface area contributed by atoms with Crippen molar-refractivity contribution in [1.82, 2.24) is 10.2 Å². The SMILES string of the molecule is CC[C@@H](C(=O)NC(C)(C)C)N(Cc1ccc(F)cc1)C(=O)CCCN(c1ccc(Cl)cc1)S(C)(=O)=O. The molecule has 7 nitrogen and oxygen atoms in total. The molecule has 1 atom stereocenters. The van der Waals surface area contributed by atoms with Crippen LogP contribution in [0.3, 0.4) is 0 Å². The number of amides is 2. The fourth-order valence-corrected chi connectivity index (χ4v) is 4.86. The molecule has 36 heavy (non-hydrogen) atoms. The standard InChI is InChI=1S/C26H35ClFN3O4S/c1-6-23(25(33)29-26(2,3)4)30(18-19-9-13-21(28)14-10-19)24(32)8-7-17-31(36(5,34)35)22-15-11-20(27)12-16-22/h9-16,23H,6-8,17-18H2,1-5H3,(H,29,33)/t23-/m0/s1. The second kappa shape index (κ2) is 12.5. The van der Waals surface area contributed by atoms with Gasteiger partial charge in [-0.2, -0.15) is 0 Å². The van der Waals surface area contributed by atoms with Crippen LogP contribution < -0.4 is 9.62 Å². The van der Waals surface area contributed by atoms with Crippen LogP contribution in [0.2, 0.25) is 5.02 Å². The predicted molar refractivity (Wildman–Crippen MR) is 142 cm³/mol. The summed E-state index contributed by atoms with van der Waals surface area (Å²) in [6.45, 7) is 7.62. The average molecular weight is 540 g/mol. The average Bonchev–Trinajstić information content (AvgIpc) is 2.76. The summed E-state index contributed by atoms with van der Waals surface area (Å²) in [5, 5.41) is 3.41. The summed E-state index contributed by atoms with van der Waals surface area (Å²) in [5.74, 6) is -0.962. The minimum Gasteiger partial charge on any atom is -0.350 e. The minimum absolute atomic E-state index is 0.0279. The van der Waals surface area contributed by atoms with Gasteiger partial charge in [-0.05, 0) is 75.6 Å². The third-order valence-electron chi connectivity index (χ3n) is 5.42. The number of anilines is 1. The van der Waals surface area contributed by atoms with Gasteiger partial charge in [-0.25, -0.2) is 12.8 Å². The Labute approximate surface area is 218 Å². The van der Waals surface area contributed by atoms with Crippen molar-refractivity contribution in [3.63, 3.8) is 0 Å². The van der Waals surface area contributed by atoms with Gasteiger partial charge in [0.2, 0.25) is 21.8 Å². The van der Waals surface area contributed by atoms with Gasteiger partial charge in [-0.3, -0.25) is 13.9 Å². The lowest BCUT2D eigenvalue weighted by molar-refractivity contribution is -0.142. The van der Waals surface area contributed by atoms with Crippen LogP contribution in [0, 0.1) is 5.82 Å². The van der Waals surface area contributed by atoms with E-state index in [1.165, 1.54) is 21.3 Å². The zero-order valence-electron chi connectivity index (χ0n) is 21.4. The molecule has 0 heterocycles. The van der Waals surface area contributed by atoms with Crippen LogP contribution in [-0.2, 0) is 26.2 Å². The highest BCUT2D eigenvalue weighted by Crippen LogP contribution is 2.22. The quantitative estimate of drug-likeness (QED) is 0.446. The summed E-state index contributed by atoms with van der Waals surface area (Å²) in [4.78, 5) is 27.9. The minimum atomic E-state index is -3.59. The van der Waals surface area contributed by atoms with Crippen molar-refractivity contribution in [1.29, 1.82) is 0 Å². The molecule has 0 bridgehead atoms. The highest BCUT2D eigenvalue weighted by atomic mass is 35.5. The number of nitrogens with zero attached hydrogens (tertiary/aromatic N) is 2. The van der Waals surface area contributed by atoms with Crippen LogP contribution in [0.1, 0.15) is 52.5 Å². The van der Waals surface area contributed by atoms with E-state index in [1.54, 1.807) is 36.4 Å². The smallest absolute Gasteiger partial charge is 0.243 e. The molecule has 2 aromatic rings. The van der Waals surface area contributed by atoms with Gasteiger partial charge >= 0.3 is 0 Å². The summed E-state index contributed by atoms with van der Waals surface area (Å²) in [5.41, 5.74) is 0.656. The van der Waals surface area contributed by atoms with Crippen molar-refractivity contribution >= 4 is 39.1 Å². The fourth-order valence-electron chi connectivity index (χ4n) is 3.77. The number of carbonyl (C=O) groups is 2. The van der Waals surface area contributed by atoms with Crippen molar-refractivity contribution in [2.45, 2.75) is 65.1 Å². The summed E-state index contributed by atoms with van der Waals surface area (Å²) >= 11 is 5.92. The van der Waals surface area contributed by atoms with Crippen LogP contribution in [0.4, 0.5) is 10.1 Å². The lowest BCUT2D eigenvalue weighted by atomic mass is 10.0.